The molecule has 16 heavy (non-hydrogen) atoms. The van der Waals surface area contributed by atoms with E-state index in [0.717, 1.165) is 12.4 Å². The quantitative estimate of drug-likeness (QED) is 0.591. The van der Waals surface area contributed by atoms with Crippen molar-refractivity contribution in [1.82, 2.24) is 0 Å². The molecule has 1 aliphatic rings. The third-order valence-electron chi connectivity index (χ3n) is 1.26. The molecular formula is C13H21O2Rb. The normalized spacial score (nSPS) is 15.4. The summed E-state index contributed by atoms with van der Waals surface area (Å²) in [6.45, 7) is 8.97. The van der Waals surface area contributed by atoms with E-state index in [2.05, 4.69) is 19.9 Å². The van der Waals surface area contributed by atoms with Crippen molar-refractivity contribution < 1.29 is 67.7 Å². The van der Waals surface area contributed by atoms with Crippen LogP contribution in [0.15, 0.2) is 24.3 Å². The van der Waals surface area contributed by atoms with Gasteiger partial charge in [0, 0.05) is 5.75 Å². The standard InChI is InChI=1S/C8H7O2.C3H8.C2H6.Rb/c1-2-4-7(5-3-1)10-8-6-9-8;1-3-2;1-2;/h2-5,8H,6H2;3H2,1-2H3;1-2H3;/q-1;;;+1. The first-order chi connectivity index (χ1) is 7.36. The summed E-state index contributed by atoms with van der Waals surface area (Å²) in [5, 5.41) is 0. The van der Waals surface area contributed by atoms with Gasteiger partial charge in [-0.2, -0.15) is 18.2 Å². The molecule has 0 radical (unpaired) electrons. The number of epoxide rings is 1. The topological polar surface area (TPSA) is 21.8 Å². The number of hydrogen-bond donors (Lipinski definition) is 0. The van der Waals surface area contributed by atoms with Crippen LogP contribution >= 0.6 is 0 Å². The summed E-state index contributed by atoms with van der Waals surface area (Å²) in [6.07, 6.45) is 1.25. The van der Waals surface area contributed by atoms with Crippen LogP contribution in [0.25, 0.3) is 0 Å². The van der Waals surface area contributed by atoms with Crippen molar-refractivity contribution in [3.8, 4) is 5.75 Å². The molecule has 0 spiro atoms. The second kappa shape index (κ2) is 13.8. The van der Waals surface area contributed by atoms with Gasteiger partial charge in [0.25, 0.3) is 0 Å². The molecule has 0 amide bonds. The van der Waals surface area contributed by atoms with Crippen molar-refractivity contribution in [3.63, 3.8) is 0 Å². The zero-order valence-corrected chi connectivity index (χ0v) is 16.0. The number of benzene rings is 1. The Bertz CT molecular complexity index is 223. The SMILES string of the molecule is CC.CCC.[Rb+].[c-]1ccc(OC2CO2)cc1. The number of rotatable bonds is 2. The summed E-state index contributed by atoms with van der Waals surface area (Å²) in [4.78, 5) is 0. The zero-order chi connectivity index (χ0) is 11.5. The van der Waals surface area contributed by atoms with Gasteiger partial charge in [-0.05, 0) is 0 Å². The van der Waals surface area contributed by atoms with Crippen LogP contribution in [0.1, 0.15) is 34.1 Å². The molecule has 1 aromatic rings. The minimum atomic E-state index is 0. The largest absolute Gasteiger partial charge is 1.00 e. The summed E-state index contributed by atoms with van der Waals surface area (Å²) in [5.41, 5.74) is 0. The van der Waals surface area contributed by atoms with Crippen LogP contribution in [0.2, 0.25) is 0 Å². The Balaban J connectivity index is 0. The number of hydrogen-bond acceptors (Lipinski definition) is 2. The van der Waals surface area contributed by atoms with Gasteiger partial charge in [0.15, 0.2) is 0 Å². The van der Waals surface area contributed by atoms with E-state index in [4.69, 9.17) is 9.47 Å². The van der Waals surface area contributed by atoms with Crippen LogP contribution in [0.5, 0.6) is 5.75 Å². The van der Waals surface area contributed by atoms with Gasteiger partial charge in [-0.3, -0.25) is 0 Å². The van der Waals surface area contributed by atoms with E-state index in [1.165, 1.54) is 6.42 Å². The van der Waals surface area contributed by atoms with Crippen molar-refractivity contribution >= 4 is 0 Å². The third kappa shape index (κ3) is 11.3. The molecule has 2 rings (SSSR count). The van der Waals surface area contributed by atoms with Crippen LogP contribution in [-0.2, 0) is 4.74 Å². The average Bonchev–Trinajstić information content (AvgIpc) is 3.08. The Morgan fingerprint density at radius 3 is 2.12 bits per heavy atom. The van der Waals surface area contributed by atoms with Crippen molar-refractivity contribution in [2.75, 3.05) is 6.61 Å². The molecule has 1 unspecified atom stereocenters. The summed E-state index contributed by atoms with van der Waals surface area (Å²) >= 11 is 0. The fraction of sp³-hybridized carbons (Fsp3) is 0.538. The maximum absolute atomic E-state index is 5.28. The van der Waals surface area contributed by atoms with Crippen LogP contribution in [-0.4, -0.2) is 12.9 Å². The molecule has 0 aliphatic carbocycles. The summed E-state index contributed by atoms with van der Waals surface area (Å²) in [7, 11) is 0. The van der Waals surface area contributed by atoms with Crippen LogP contribution in [0.3, 0.4) is 0 Å². The first kappa shape index (κ1) is 19.1. The molecule has 1 heterocycles. The molecule has 1 fully saturated rings. The van der Waals surface area contributed by atoms with Crippen molar-refractivity contribution in [1.29, 1.82) is 0 Å². The van der Waals surface area contributed by atoms with Crippen molar-refractivity contribution in [2.45, 2.75) is 40.4 Å². The van der Waals surface area contributed by atoms with Gasteiger partial charge in [-0.15, -0.1) is 12.1 Å². The fourth-order valence-corrected chi connectivity index (χ4v) is 0.709. The molecule has 0 aromatic heterocycles. The van der Waals surface area contributed by atoms with Crippen LogP contribution in [0, 0.1) is 6.07 Å². The minimum absolute atomic E-state index is 0. The summed E-state index contributed by atoms with van der Waals surface area (Å²) < 4.78 is 10.2. The first-order valence-electron chi connectivity index (χ1n) is 5.61. The van der Waals surface area contributed by atoms with E-state index in [9.17, 15) is 0 Å². The Labute approximate surface area is 149 Å². The molecule has 0 bridgehead atoms. The summed E-state index contributed by atoms with van der Waals surface area (Å²) in [6, 6.07) is 10.3. The van der Waals surface area contributed by atoms with Crippen molar-refractivity contribution in [2.24, 2.45) is 0 Å². The van der Waals surface area contributed by atoms with E-state index in [0.29, 0.717) is 0 Å². The van der Waals surface area contributed by atoms with Crippen LogP contribution < -0.4 is 62.9 Å². The minimum Gasteiger partial charge on any atom is -0.488 e. The van der Waals surface area contributed by atoms with Gasteiger partial charge in [-0.25, -0.2) is 0 Å². The van der Waals surface area contributed by atoms with E-state index >= 15 is 0 Å². The second-order valence-corrected chi connectivity index (χ2v) is 2.82. The smallest absolute Gasteiger partial charge is 0.488 e. The Morgan fingerprint density at radius 2 is 1.75 bits per heavy atom. The molecule has 3 heteroatoms. The molecule has 0 N–H and O–H groups in total. The zero-order valence-electron chi connectivity index (χ0n) is 11.1. The third-order valence-corrected chi connectivity index (χ3v) is 1.26. The molecule has 0 saturated carbocycles. The maximum atomic E-state index is 5.28. The Hall–Kier alpha value is 0.785. The Kier molecular flexibility index (Phi) is 16.6. The van der Waals surface area contributed by atoms with Crippen LogP contribution in [0.4, 0.5) is 0 Å². The van der Waals surface area contributed by atoms with Gasteiger partial charge in [0.05, 0.1) is 0 Å². The van der Waals surface area contributed by atoms with Gasteiger partial charge >= 0.3 is 58.2 Å². The van der Waals surface area contributed by atoms with E-state index in [1.54, 1.807) is 0 Å². The van der Waals surface area contributed by atoms with E-state index in [1.807, 2.05) is 38.1 Å². The second-order valence-electron chi connectivity index (χ2n) is 2.82. The van der Waals surface area contributed by atoms with E-state index in [-0.39, 0.29) is 64.5 Å². The first-order valence-corrected chi connectivity index (χ1v) is 5.61. The monoisotopic (exact) mass is 294 g/mol. The molecule has 1 aliphatic heterocycles. The fourth-order valence-electron chi connectivity index (χ4n) is 0.709. The molecule has 2 nitrogen and oxygen atoms in total. The Morgan fingerprint density at radius 1 is 1.31 bits per heavy atom. The maximum Gasteiger partial charge on any atom is 1.00 e. The molecule has 1 aromatic carbocycles. The van der Waals surface area contributed by atoms with E-state index < -0.39 is 0 Å². The molecule has 86 valence electrons. The summed E-state index contributed by atoms with van der Waals surface area (Å²) in [5.74, 6) is 0.848. The molecular weight excluding hydrogens is 274 g/mol. The van der Waals surface area contributed by atoms with Gasteiger partial charge in [-0.1, -0.05) is 34.1 Å². The van der Waals surface area contributed by atoms with Gasteiger partial charge in [0.1, 0.15) is 6.61 Å². The molecule has 1 atom stereocenters. The predicted octanol–water partition coefficient (Wildman–Crippen LogP) is 0.668. The predicted molar refractivity (Wildman–Crippen MR) is 63.0 cm³/mol. The van der Waals surface area contributed by atoms with Gasteiger partial charge < -0.3 is 9.47 Å². The van der Waals surface area contributed by atoms with Gasteiger partial charge in [0.2, 0.25) is 6.29 Å². The average molecular weight is 295 g/mol. The molecule has 1 saturated heterocycles. The number of ether oxygens (including phenoxy) is 2. The van der Waals surface area contributed by atoms with Crippen molar-refractivity contribution in [3.05, 3.63) is 30.3 Å².